The number of aliphatic hydroxyl groups excluding tert-OH is 1. The Balaban J connectivity index is 1.92. The molecule has 0 aliphatic carbocycles. The van der Waals surface area contributed by atoms with E-state index in [0.717, 1.165) is 5.56 Å². The maximum atomic E-state index is 12.9. The molecular formula is C24H20ClNO6. The third-order valence-electron chi connectivity index (χ3n) is 4.88. The lowest BCUT2D eigenvalue weighted by Crippen LogP contribution is -2.48. The van der Waals surface area contributed by atoms with Gasteiger partial charge in [0.1, 0.15) is 0 Å². The predicted octanol–water partition coefficient (Wildman–Crippen LogP) is 3.49. The summed E-state index contributed by atoms with van der Waals surface area (Å²) in [4.78, 5) is 35.9. The number of carbonyl (C=O) groups is 3. The molecule has 0 aromatic heterocycles. The maximum Gasteiger partial charge on any atom is 0.336 e. The van der Waals surface area contributed by atoms with Gasteiger partial charge in [-0.3, -0.25) is 4.79 Å². The van der Waals surface area contributed by atoms with Gasteiger partial charge >= 0.3 is 11.9 Å². The van der Waals surface area contributed by atoms with E-state index in [2.05, 4.69) is 5.32 Å². The zero-order chi connectivity index (χ0) is 23.3. The average molecular weight is 454 g/mol. The van der Waals surface area contributed by atoms with Gasteiger partial charge in [0, 0.05) is 10.6 Å². The van der Waals surface area contributed by atoms with Crippen LogP contribution in [0.3, 0.4) is 0 Å². The molecule has 32 heavy (non-hydrogen) atoms. The number of nitrogens with one attached hydrogen (secondary N) is 1. The van der Waals surface area contributed by atoms with Gasteiger partial charge in [0.25, 0.3) is 5.91 Å². The minimum absolute atomic E-state index is 0.0457. The van der Waals surface area contributed by atoms with E-state index in [9.17, 15) is 29.7 Å². The molecule has 4 N–H and O–H groups in total. The lowest BCUT2D eigenvalue weighted by Gasteiger charge is -2.22. The van der Waals surface area contributed by atoms with E-state index >= 15 is 0 Å². The summed E-state index contributed by atoms with van der Waals surface area (Å²) in [6, 6.07) is 18.4. The second kappa shape index (κ2) is 10.1. The molecule has 0 unspecified atom stereocenters. The molecule has 7 nitrogen and oxygen atoms in total. The summed E-state index contributed by atoms with van der Waals surface area (Å²) in [7, 11) is 0. The van der Waals surface area contributed by atoms with Crippen molar-refractivity contribution in [1.82, 2.24) is 5.32 Å². The molecule has 0 spiro atoms. The summed E-state index contributed by atoms with van der Waals surface area (Å²) in [5, 5.41) is 31.6. The number of aliphatic carboxylic acids is 1. The van der Waals surface area contributed by atoms with Gasteiger partial charge in [-0.25, -0.2) is 9.59 Å². The van der Waals surface area contributed by atoms with Crippen molar-refractivity contribution in [3.05, 3.63) is 94.5 Å². The van der Waals surface area contributed by atoms with Crippen LogP contribution in [0.25, 0.3) is 11.1 Å². The summed E-state index contributed by atoms with van der Waals surface area (Å²) in [6.07, 6.45) is -1.74. The maximum absolute atomic E-state index is 12.9. The number of hydrogen-bond acceptors (Lipinski definition) is 4. The number of rotatable bonds is 8. The van der Waals surface area contributed by atoms with Crippen LogP contribution in [0.15, 0.2) is 72.8 Å². The number of aliphatic hydroxyl groups is 1. The molecule has 3 aromatic carbocycles. The largest absolute Gasteiger partial charge is 0.479 e. The molecule has 0 aliphatic rings. The number of carboxylic acids is 2. The van der Waals surface area contributed by atoms with Crippen molar-refractivity contribution in [3.63, 3.8) is 0 Å². The molecule has 3 rings (SSSR count). The molecule has 0 saturated heterocycles. The Morgan fingerprint density at radius 2 is 1.56 bits per heavy atom. The molecule has 0 saturated carbocycles. The molecule has 3 aromatic rings. The zero-order valence-corrected chi connectivity index (χ0v) is 17.5. The summed E-state index contributed by atoms with van der Waals surface area (Å²) >= 11 is 6.18. The van der Waals surface area contributed by atoms with Crippen molar-refractivity contribution in [2.24, 2.45) is 0 Å². The number of benzene rings is 3. The van der Waals surface area contributed by atoms with Gasteiger partial charge in [-0.2, -0.15) is 0 Å². The van der Waals surface area contributed by atoms with Gasteiger partial charge in [-0.05, 0) is 47.4 Å². The van der Waals surface area contributed by atoms with Gasteiger partial charge in [0.15, 0.2) is 6.10 Å². The molecule has 0 fully saturated rings. The average Bonchev–Trinajstić information content (AvgIpc) is 2.78. The van der Waals surface area contributed by atoms with Crippen LogP contribution in [-0.4, -0.2) is 45.3 Å². The predicted molar refractivity (Wildman–Crippen MR) is 119 cm³/mol. The Hall–Kier alpha value is -3.68. The first-order valence-electron chi connectivity index (χ1n) is 9.65. The normalized spacial score (nSPS) is 12.6. The van der Waals surface area contributed by atoms with E-state index in [-0.39, 0.29) is 22.6 Å². The SMILES string of the molecule is O=C(N[C@H](Cc1ccccc1)[C@@H](O)C(=O)O)c1cc(Cl)cc(-c2ccccc2C(=O)O)c1. The summed E-state index contributed by atoms with van der Waals surface area (Å²) < 4.78 is 0. The number of carboxylic acid groups (broad SMARTS) is 2. The van der Waals surface area contributed by atoms with E-state index in [4.69, 9.17) is 11.6 Å². The van der Waals surface area contributed by atoms with Gasteiger partial charge in [-0.15, -0.1) is 0 Å². The number of carbonyl (C=O) groups excluding carboxylic acids is 1. The van der Waals surface area contributed by atoms with Crippen LogP contribution in [0, 0.1) is 0 Å². The first-order valence-corrected chi connectivity index (χ1v) is 10.0. The van der Waals surface area contributed by atoms with Gasteiger partial charge < -0.3 is 20.6 Å². The Bertz CT molecular complexity index is 1150. The lowest BCUT2D eigenvalue weighted by atomic mass is 9.97. The van der Waals surface area contributed by atoms with Gasteiger partial charge in [0.05, 0.1) is 11.6 Å². The Morgan fingerprint density at radius 3 is 2.22 bits per heavy atom. The van der Waals surface area contributed by atoms with Crippen molar-refractivity contribution in [2.75, 3.05) is 0 Å². The fraction of sp³-hybridized carbons (Fsp3) is 0.125. The number of hydrogen-bond donors (Lipinski definition) is 4. The summed E-state index contributed by atoms with van der Waals surface area (Å²) in [5.74, 6) is -3.24. The first-order chi connectivity index (χ1) is 15.3. The van der Waals surface area contributed by atoms with Crippen LogP contribution >= 0.6 is 11.6 Å². The molecule has 0 bridgehead atoms. The molecule has 164 valence electrons. The first kappa shape index (κ1) is 23.0. The Morgan fingerprint density at radius 1 is 0.906 bits per heavy atom. The highest BCUT2D eigenvalue weighted by Crippen LogP contribution is 2.28. The molecule has 1 amide bonds. The highest BCUT2D eigenvalue weighted by Gasteiger charge is 2.28. The smallest absolute Gasteiger partial charge is 0.336 e. The van der Waals surface area contributed by atoms with E-state index in [1.54, 1.807) is 48.5 Å². The van der Waals surface area contributed by atoms with Crippen LogP contribution in [0.2, 0.25) is 5.02 Å². The van der Waals surface area contributed by atoms with Crippen LogP contribution < -0.4 is 5.32 Å². The zero-order valence-electron chi connectivity index (χ0n) is 16.7. The second-order valence-electron chi connectivity index (χ2n) is 7.13. The number of aromatic carboxylic acids is 1. The van der Waals surface area contributed by atoms with E-state index < -0.39 is 30.0 Å². The standard InChI is InChI=1S/C24H20ClNO6/c25-17-12-15(18-8-4-5-9-19(18)23(29)30)11-16(13-17)22(28)26-20(21(27)24(31)32)10-14-6-2-1-3-7-14/h1-9,11-13,20-21,27H,10H2,(H,26,28)(H,29,30)(H,31,32)/t20-,21-/m1/s1. The van der Waals surface area contributed by atoms with E-state index in [1.165, 1.54) is 24.3 Å². The van der Waals surface area contributed by atoms with Crippen LogP contribution in [0.5, 0.6) is 0 Å². The minimum Gasteiger partial charge on any atom is -0.479 e. The topological polar surface area (TPSA) is 124 Å². The second-order valence-corrected chi connectivity index (χ2v) is 7.57. The van der Waals surface area contributed by atoms with E-state index in [0.29, 0.717) is 11.1 Å². The van der Waals surface area contributed by atoms with Crippen molar-refractivity contribution in [2.45, 2.75) is 18.6 Å². The fourth-order valence-corrected chi connectivity index (χ4v) is 3.57. The Labute approximate surface area is 188 Å². The molecule has 0 radical (unpaired) electrons. The highest BCUT2D eigenvalue weighted by atomic mass is 35.5. The lowest BCUT2D eigenvalue weighted by molar-refractivity contribution is -0.148. The molecule has 0 heterocycles. The number of halogens is 1. The van der Waals surface area contributed by atoms with Crippen LogP contribution in [-0.2, 0) is 11.2 Å². The number of amides is 1. The Kier molecular flexibility index (Phi) is 7.25. The summed E-state index contributed by atoms with van der Waals surface area (Å²) in [6.45, 7) is 0. The van der Waals surface area contributed by atoms with Crippen molar-refractivity contribution in [3.8, 4) is 11.1 Å². The van der Waals surface area contributed by atoms with Crippen LogP contribution in [0.1, 0.15) is 26.3 Å². The third-order valence-corrected chi connectivity index (χ3v) is 5.10. The third kappa shape index (κ3) is 5.51. The molecule has 8 heteroatoms. The highest BCUT2D eigenvalue weighted by molar-refractivity contribution is 6.31. The fourth-order valence-electron chi connectivity index (χ4n) is 3.33. The molecular weight excluding hydrogens is 434 g/mol. The molecule has 2 atom stereocenters. The van der Waals surface area contributed by atoms with Crippen molar-refractivity contribution in [1.29, 1.82) is 0 Å². The van der Waals surface area contributed by atoms with Crippen LogP contribution in [0.4, 0.5) is 0 Å². The van der Waals surface area contributed by atoms with E-state index in [1.807, 2.05) is 0 Å². The minimum atomic E-state index is -1.83. The van der Waals surface area contributed by atoms with Gasteiger partial charge in [-0.1, -0.05) is 60.1 Å². The quantitative estimate of drug-likeness (QED) is 0.414. The van der Waals surface area contributed by atoms with Gasteiger partial charge in [0.2, 0.25) is 0 Å². The van der Waals surface area contributed by atoms with Crippen molar-refractivity contribution < 1.29 is 29.7 Å². The monoisotopic (exact) mass is 453 g/mol. The molecule has 0 aliphatic heterocycles. The van der Waals surface area contributed by atoms with Crippen molar-refractivity contribution >= 4 is 29.4 Å². The summed E-state index contributed by atoms with van der Waals surface area (Å²) in [5.41, 5.74) is 1.68.